The van der Waals surface area contributed by atoms with E-state index in [1.165, 1.54) is 45.6 Å². The topological polar surface area (TPSA) is 94.2 Å². The lowest BCUT2D eigenvalue weighted by molar-refractivity contribution is -0.119. The molecule has 1 amide bonds. The van der Waals surface area contributed by atoms with Gasteiger partial charge in [-0.1, -0.05) is 31.4 Å². The molecule has 0 bridgehead atoms. The van der Waals surface area contributed by atoms with Crippen LogP contribution in [0.1, 0.15) is 38.5 Å². The van der Waals surface area contributed by atoms with Gasteiger partial charge in [-0.2, -0.15) is 0 Å². The molecule has 1 saturated carbocycles. The first kappa shape index (κ1) is 25.8. The molecule has 1 N–H and O–H groups in total. The van der Waals surface area contributed by atoms with Crippen LogP contribution in [-0.2, 0) is 19.6 Å². The maximum Gasteiger partial charge on any atom is 0.264 e. The van der Waals surface area contributed by atoms with Crippen LogP contribution in [0.2, 0.25) is 0 Å². The lowest BCUT2D eigenvalue weighted by atomic mass is 9.98. The molecule has 0 atom stereocenters. The third-order valence-corrected chi connectivity index (χ3v) is 7.61. The van der Waals surface area contributed by atoms with Crippen LogP contribution in [0, 0.1) is 0 Å². The standard InChI is InChI=1S/C25H34N2O6S/c1-31-20-13-15-22(16-14-20)34(29,30)27(23-11-6-7-12-24(23)32-2)19-25(28)26-17-8-18-33-21-9-4-3-5-10-21/h6-7,11-16,21H,3-5,8-10,17-19H2,1-2H3,(H,26,28). The molecule has 186 valence electrons. The van der Waals surface area contributed by atoms with Crippen molar-refractivity contribution in [3.8, 4) is 11.5 Å². The number of nitrogens with zero attached hydrogens (tertiary/aromatic N) is 1. The summed E-state index contributed by atoms with van der Waals surface area (Å²) in [5.41, 5.74) is 0.289. The van der Waals surface area contributed by atoms with Crippen molar-refractivity contribution in [1.82, 2.24) is 5.32 Å². The molecule has 1 fully saturated rings. The Morgan fingerprint density at radius 1 is 1.00 bits per heavy atom. The van der Waals surface area contributed by atoms with Gasteiger partial charge in [-0.15, -0.1) is 0 Å². The molecule has 0 spiro atoms. The predicted molar refractivity (Wildman–Crippen MR) is 131 cm³/mol. The molecule has 9 heteroatoms. The summed E-state index contributed by atoms with van der Waals surface area (Å²) in [4.78, 5) is 12.8. The van der Waals surface area contributed by atoms with Crippen molar-refractivity contribution < 1.29 is 27.4 Å². The summed E-state index contributed by atoms with van der Waals surface area (Å²) >= 11 is 0. The van der Waals surface area contributed by atoms with Gasteiger partial charge in [-0.05, 0) is 55.7 Å². The molecule has 34 heavy (non-hydrogen) atoms. The summed E-state index contributed by atoms with van der Waals surface area (Å²) in [6.45, 7) is 0.609. The summed E-state index contributed by atoms with van der Waals surface area (Å²) in [5.74, 6) is 0.491. The average Bonchev–Trinajstić information content (AvgIpc) is 2.87. The molecular weight excluding hydrogens is 456 g/mol. The van der Waals surface area contributed by atoms with Crippen LogP contribution in [0.4, 0.5) is 5.69 Å². The number of rotatable bonds is 12. The lowest BCUT2D eigenvalue weighted by Gasteiger charge is -2.25. The first-order valence-corrected chi connectivity index (χ1v) is 13.1. The normalized spacial score (nSPS) is 14.4. The Kier molecular flexibility index (Phi) is 9.59. The zero-order valence-electron chi connectivity index (χ0n) is 19.9. The minimum Gasteiger partial charge on any atom is -0.497 e. The Balaban J connectivity index is 1.68. The molecule has 0 unspecified atom stereocenters. The third-order valence-electron chi connectivity index (χ3n) is 5.84. The smallest absolute Gasteiger partial charge is 0.264 e. The Bertz CT molecular complexity index is 1020. The van der Waals surface area contributed by atoms with Gasteiger partial charge in [0.1, 0.15) is 18.0 Å². The Morgan fingerprint density at radius 2 is 1.71 bits per heavy atom. The van der Waals surface area contributed by atoms with Crippen LogP contribution in [0.3, 0.4) is 0 Å². The van der Waals surface area contributed by atoms with Crippen LogP contribution >= 0.6 is 0 Å². The van der Waals surface area contributed by atoms with Gasteiger partial charge in [0.25, 0.3) is 10.0 Å². The monoisotopic (exact) mass is 490 g/mol. The number of carbonyl (C=O) groups is 1. The SMILES string of the molecule is COc1ccc(S(=O)(=O)N(CC(=O)NCCCOC2CCCCC2)c2ccccc2OC)cc1. The molecule has 0 aliphatic heterocycles. The van der Waals surface area contributed by atoms with Gasteiger partial charge in [0, 0.05) is 13.2 Å². The number of sulfonamides is 1. The maximum atomic E-state index is 13.5. The Labute approximate surface area is 202 Å². The fourth-order valence-corrected chi connectivity index (χ4v) is 5.41. The molecule has 1 aliphatic rings. The second-order valence-electron chi connectivity index (χ2n) is 8.19. The molecule has 0 aromatic heterocycles. The van der Waals surface area contributed by atoms with Crippen LogP contribution < -0.4 is 19.1 Å². The number of nitrogens with one attached hydrogen (secondary N) is 1. The van der Waals surface area contributed by atoms with E-state index in [1.54, 1.807) is 36.4 Å². The zero-order chi connectivity index (χ0) is 24.4. The molecule has 0 saturated heterocycles. The zero-order valence-corrected chi connectivity index (χ0v) is 20.7. The van der Waals surface area contributed by atoms with Crippen molar-refractivity contribution in [2.45, 2.75) is 49.5 Å². The minimum atomic E-state index is -4.04. The lowest BCUT2D eigenvalue weighted by Crippen LogP contribution is -2.41. The van der Waals surface area contributed by atoms with E-state index in [4.69, 9.17) is 14.2 Å². The van der Waals surface area contributed by atoms with E-state index >= 15 is 0 Å². The second-order valence-corrected chi connectivity index (χ2v) is 10.1. The number of carbonyl (C=O) groups excluding carboxylic acids is 1. The largest absolute Gasteiger partial charge is 0.497 e. The van der Waals surface area contributed by atoms with E-state index in [0.29, 0.717) is 37.2 Å². The van der Waals surface area contributed by atoms with Gasteiger partial charge in [0.05, 0.1) is 30.9 Å². The Morgan fingerprint density at radius 3 is 2.38 bits per heavy atom. The number of benzene rings is 2. The van der Waals surface area contributed by atoms with Crippen LogP contribution in [0.5, 0.6) is 11.5 Å². The van der Waals surface area contributed by atoms with E-state index < -0.39 is 15.9 Å². The van der Waals surface area contributed by atoms with Gasteiger partial charge in [0.15, 0.2) is 0 Å². The number of hydrogen-bond acceptors (Lipinski definition) is 6. The second kappa shape index (κ2) is 12.6. The highest BCUT2D eigenvalue weighted by Crippen LogP contribution is 2.32. The summed E-state index contributed by atoms with van der Waals surface area (Å²) in [7, 11) is -1.07. The molecule has 0 heterocycles. The molecule has 0 radical (unpaired) electrons. The number of amides is 1. The van der Waals surface area contributed by atoms with Gasteiger partial charge in [-0.25, -0.2) is 8.42 Å². The number of ether oxygens (including phenoxy) is 3. The van der Waals surface area contributed by atoms with Crippen molar-refractivity contribution in [2.24, 2.45) is 0 Å². The maximum absolute atomic E-state index is 13.5. The molecule has 2 aromatic rings. The first-order valence-electron chi connectivity index (χ1n) is 11.6. The highest BCUT2D eigenvalue weighted by Gasteiger charge is 2.29. The molecular formula is C25H34N2O6S. The molecule has 8 nitrogen and oxygen atoms in total. The quantitative estimate of drug-likeness (QED) is 0.456. The third kappa shape index (κ3) is 6.87. The molecule has 2 aromatic carbocycles. The van der Waals surface area contributed by atoms with Gasteiger partial charge < -0.3 is 19.5 Å². The summed E-state index contributed by atoms with van der Waals surface area (Å²) in [6, 6.07) is 12.8. The van der Waals surface area contributed by atoms with Gasteiger partial charge >= 0.3 is 0 Å². The average molecular weight is 491 g/mol. The van der Waals surface area contributed by atoms with E-state index in [1.807, 2.05) is 0 Å². The van der Waals surface area contributed by atoms with Gasteiger partial charge in [-0.3, -0.25) is 9.10 Å². The number of para-hydroxylation sites is 2. The summed E-state index contributed by atoms with van der Waals surface area (Å²) in [6.07, 6.45) is 6.89. The van der Waals surface area contributed by atoms with E-state index in [0.717, 1.165) is 17.1 Å². The van der Waals surface area contributed by atoms with Gasteiger partial charge in [0.2, 0.25) is 5.91 Å². The van der Waals surface area contributed by atoms with Crippen LogP contribution in [0.15, 0.2) is 53.4 Å². The predicted octanol–water partition coefficient (Wildman–Crippen LogP) is 3.75. The first-order chi connectivity index (χ1) is 16.5. The van der Waals surface area contributed by atoms with E-state index in [2.05, 4.69) is 5.32 Å². The summed E-state index contributed by atoms with van der Waals surface area (Å²) < 4.78 is 44.5. The van der Waals surface area contributed by atoms with Crippen molar-refractivity contribution in [3.05, 3.63) is 48.5 Å². The fourth-order valence-electron chi connectivity index (χ4n) is 3.98. The number of hydrogen-bond donors (Lipinski definition) is 1. The minimum absolute atomic E-state index is 0.0490. The van der Waals surface area contributed by atoms with Crippen molar-refractivity contribution in [3.63, 3.8) is 0 Å². The van der Waals surface area contributed by atoms with Crippen LogP contribution in [-0.4, -0.2) is 54.3 Å². The van der Waals surface area contributed by atoms with E-state index in [9.17, 15) is 13.2 Å². The molecule has 1 aliphatic carbocycles. The van der Waals surface area contributed by atoms with Crippen LogP contribution in [0.25, 0.3) is 0 Å². The molecule has 3 rings (SSSR count). The summed E-state index contributed by atoms with van der Waals surface area (Å²) in [5, 5.41) is 2.81. The van der Waals surface area contributed by atoms with Crippen molar-refractivity contribution in [1.29, 1.82) is 0 Å². The fraction of sp³-hybridized carbons (Fsp3) is 0.480. The number of methoxy groups -OCH3 is 2. The van der Waals surface area contributed by atoms with E-state index in [-0.39, 0.29) is 17.1 Å². The number of anilines is 1. The highest BCUT2D eigenvalue weighted by atomic mass is 32.2. The van der Waals surface area contributed by atoms with Crippen molar-refractivity contribution in [2.75, 3.05) is 38.2 Å². The van der Waals surface area contributed by atoms with Crippen molar-refractivity contribution >= 4 is 21.6 Å². The highest BCUT2D eigenvalue weighted by molar-refractivity contribution is 7.92. The Hall–Kier alpha value is -2.78.